The van der Waals surface area contributed by atoms with Crippen molar-refractivity contribution in [2.75, 3.05) is 43.1 Å². The number of carbonyl (C=O) groups excluding carboxylic acids is 2. The molecule has 6 rings (SSSR count). The summed E-state index contributed by atoms with van der Waals surface area (Å²) < 4.78 is 19.3. The Kier molecular flexibility index (Phi) is 6.17. The molecular formula is C28H33N7O5. The van der Waals surface area contributed by atoms with Crippen LogP contribution in [0.25, 0.3) is 0 Å². The van der Waals surface area contributed by atoms with Gasteiger partial charge in [-0.1, -0.05) is 12.1 Å². The van der Waals surface area contributed by atoms with Crippen LogP contribution >= 0.6 is 0 Å². The highest BCUT2D eigenvalue weighted by Crippen LogP contribution is 2.40. The molecule has 0 unspecified atom stereocenters. The van der Waals surface area contributed by atoms with Crippen LogP contribution in [0.5, 0.6) is 5.75 Å². The average molecular weight is 548 g/mol. The zero-order chi connectivity index (χ0) is 28.1. The van der Waals surface area contributed by atoms with Gasteiger partial charge in [-0.3, -0.25) is 9.80 Å². The van der Waals surface area contributed by atoms with Gasteiger partial charge in [0.05, 0.1) is 32.8 Å². The molecule has 0 aliphatic carbocycles. The van der Waals surface area contributed by atoms with Crippen molar-refractivity contribution in [1.82, 2.24) is 24.6 Å². The van der Waals surface area contributed by atoms with E-state index in [-0.39, 0.29) is 18.0 Å². The van der Waals surface area contributed by atoms with Crippen molar-refractivity contribution in [2.45, 2.75) is 43.8 Å². The lowest BCUT2D eigenvalue weighted by atomic mass is 9.75. The Hall–Kier alpha value is -4.19. The van der Waals surface area contributed by atoms with E-state index in [0.29, 0.717) is 50.0 Å². The molecule has 0 saturated carbocycles. The van der Waals surface area contributed by atoms with Crippen LogP contribution in [0.3, 0.4) is 0 Å². The molecule has 12 heteroatoms. The number of rotatable bonds is 4. The van der Waals surface area contributed by atoms with Gasteiger partial charge in [-0.2, -0.15) is 0 Å². The van der Waals surface area contributed by atoms with Crippen molar-refractivity contribution in [2.24, 2.45) is 7.05 Å². The molecule has 3 amide bonds. The van der Waals surface area contributed by atoms with Gasteiger partial charge in [-0.05, 0) is 50.6 Å². The summed E-state index contributed by atoms with van der Waals surface area (Å²) in [7, 11) is 1.93. The van der Waals surface area contributed by atoms with Gasteiger partial charge in [-0.15, -0.1) is 10.2 Å². The van der Waals surface area contributed by atoms with E-state index in [4.69, 9.17) is 14.2 Å². The average Bonchev–Trinajstić information content (AvgIpc) is 3.27. The summed E-state index contributed by atoms with van der Waals surface area (Å²) in [6, 6.07) is 11.0. The number of likely N-dealkylation sites (tertiary alicyclic amines) is 1. The standard InChI is InChI=1S/C28H33N7O5/c1-26(2,3)40-25(37)34-13-28(14-34)15-35(23-21(39-28)9-6-10-29-23)24(36)31-20-8-5-7-19(11-20)27(16-38-17-27)12-22-32-30-18-33(22)4/h5-11,18H,12-17H2,1-4H3,(H,31,36). The molecule has 0 bridgehead atoms. The maximum atomic E-state index is 13.7. The number of nitrogens with one attached hydrogen (secondary N) is 1. The smallest absolute Gasteiger partial charge is 0.410 e. The first-order chi connectivity index (χ1) is 19.0. The lowest BCUT2D eigenvalue weighted by Gasteiger charge is -2.52. The van der Waals surface area contributed by atoms with Gasteiger partial charge in [-0.25, -0.2) is 14.6 Å². The van der Waals surface area contributed by atoms with E-state index in [1.54, 1.807) is 34.5 Å². The van der Waals surface area contributed by atoms with Crippen LogP contribution in [-0.4, -0.2) is 80.8 Å². The largest absolute Gasteiger partial charge is 0.478 e. The molecule has 1 spiro atoms. The third-order valence-electron chi connectivity index (χ3n) is 7.42. The summed E-state index contributed by atoms with van der Waals surface area (Å²) in [6.45, 7) is 7.47. The third-order valence-corrected chi connectivity index (χ3v) is 7.42. The van der Waals surface area contributed by atoms with Crippen molar-refractivity contribution < 1.29 is 23.8 Å². The van der Waals surface area contributed by atoms with E-state index in [2.05, 4.69) is 26.6 Å². The maximum Gasteiger partial charge on any atom is 0.410 e. The van der Waals surface area contributed by atoms with Crippen LogP contribution in [0, 0.1) is 0 Å². The topological polar surface area (TPSA) is 124 Å². The fraction of sp³-hybridized carbons (Fsp3) is 0.464. The number of pyridine rings is 1. The molecule has 0 radical (unpaired) electrons. The SMILES string of the molecule is Cn1cnnc1CC1(c2cccc(NC(=O)N3CC4(CN(C(=O)OC(C)(C)C)C4)Oc4cccnc43)c2)COC1. The quantitative estimate of drug-likeness (QED) is 0.528. The van der Waals surface area contributed by atoms with Crippen molar-refractivity contribution in [3.8, 4) is 5.75 Å². The van der Waals surface area contributed by atoms with E-state index >= 15 is 0 Å². The number of carbonyl (C=O) groups is 2. The number of ether oxygens (including phenoxy) is 3. The summed E-state index contributed by atoms with van der Waals surface area (Å²) in [5, 5.41) is 11.3. The van der Waals surface area contributed by atoms with Crippen molar-refractivity contribution in [1.29, 1.82) is 0 Å². The zero-order valence-corrected chi connectivity index (χ0v) is 23.1. The van der Waals surface area contributed by atoms with Crippen LogP contribution in [-0.2, 0) is 28.4 Å². The van der Waals surface area contributed by atoms with Crippen molar-refractivity contribution in [3.05, 3.63) is 60.3 Å². The monoisotopic (exact) mass is 547 g/mol. The van der Waals surface area contributed by atoms with E-state index in [0.717, 1.165) is 11.4 Å². The van der Waals surface area contributed by atoms with Crippen LogP contribution < -0.4 is 15.0 Å². The molecule has 2 saturated heterocycles. The summed E-state index contributed by atoms with van der Waals surface area (Å²) in [4.78, 5) is 33.8. The van der Waals surface area contributed by atoms with Gasteiger partial charge >= 0.3 is 12.1 Å². The maximum absolute atomic E-state index is 13.7. The molecule has 210 valence electrons. The molecule has 3 aliphatic rings. The van der Waals surface area contributed by atoms with E-state index in [9.17, 15) is 9.59 Å². The Balaban J connectivity index is 1.19. The highest BCUT2D eigenvalue weighted by molar-refractivity contribution is 6.02. The normalized spacial score (nSPS) is 18.7. The highest BCUT2D eigenvalue weighted by Gasteiger charge is 2.53. The molecule has 2 aromatic heterocycles. The third kappa shape index (κ3) is 4.83. The predicted molar refractivity (Wildman–Crippen MR) is 145 cm³/mol. The van der Waals surface area contributed by atoms with Gasteiger partial charge in [0.2, 0.25) is 0 Å². The van der Waals surface area contributed by atoms with E-state index in [1.807, 2.05) is 50.6 Å². The van der Waals surface area contributed by atoms with Crippen molar-refractivity contribution >= 4 is 23.6 Å². The first-order valence-corrected chi connectivity index (χ1v) is 13.3. The van der Waals surface area contributed by atoms with Gasteiger partial charge in [0.1, 0.15) is 17.8 Å². The minimum Gasteiger partial charge on any atom is -0.478 e. The number of nitrogens with zero attached hydrogens (tertiary/aromatic N) is 6. The number of aryl methyl sites for hydroxylation is 1. The molecule has 2 fully saturated rings. The number of hydrogen-bond acceptors (Lipinski definition) is 8. The Morgan fingerprint density at radius 3 is 2.60 bits per heavy atom. The fourth-order valence-corrected chi connectivity index (χ4v) is 5.34. The van der Waals surface area contributed by atoms with Crippen LogP contribution in [0.4, 0.5) is 21.1 Å². The van der Waals surface area contributed by atoms with E-state index in [1.165, 1.54) is 0 Å². The summed E-state index contributed by atoms with van der Waals surface area (Å²) >= 11 is 0. The minimum atomic E-state index is -0.741. The molecule has 3 aliphatic heterocycles. The van der Waals surface area contributed by atoms with Crippen LogP contribution in [0.2, 0.25) is 0 Å². The second kappa shape index (κ2) is 9.47. The Morgan fingerprint density at radius 2 is 1.93 bits per heavy atom. The molecule has 5 heterocycles. The first-order valence-electron chi connectivity index (χ1n) is 13.3. The number of benzene rings is 1. The summed E-state index contributed by atoms with van der Waals surface area (Å²) in [5.74, 6) is 1.80. The van der Waals surface area contributed by atoms with Gasteiger partial charge in [0.25, 0.3) is 0 Å². The number of urea groups is 1. The fourth-order valence-electron chi connectivity index (χ4n) is 5.34. The lowest BCUT2D eigenvalue weighted by Crippen LogP contribution is -2.72. The number of hydrogen-bond donors (Lipinski definition) is 1. The van der Waals surface area contributed by atoms with Gasteiger partial charge in [0.15, 0.2) is 17.2 Å². The number of amides is 3. The zero-order valence-electron chi connectivity index (χ0n) is 23.1. The van der Waals surface area contributed by atoms with Crippen LogP contribution in [0.15, 0.2) is 48.9 Å². The highest BCUT2D eigenvalue weighted by atomic mass is 16.6. The van der Waals surface area contributed by atoms with Crippen LogP contribution in [0.1, 0.15) is 32.2 Å². The Bertz CT molecular complexity index is 1440. The van der Waals surface area contributed by atoms with Crippen molar-refractivity contribution in [3.63, 3.8) is 0 Å². The number of anilines is 2. The molecule has 1 aromatic carbocycles. The molecule has 12 nitrogen and oxygen atoms in total. The molecule has 3 aromatic rings. The molecule has 40 heavy (non-hydrogen) atoms. The minimum absolute atomic E-state index is 0.240. The van der Waals surface area contributed by atoms with Gasteiger partial charge in [0, 0.05) is 30.8 Å². The molecule has 1 N–H and O–H groups in total. The first kappa shape index (κ1) is 26.1. The second-order valence-electron chi connectivity index (χ2n) is 11.9. The Morgan fingerprint density at radius 1 is 1.12 bits per heavy atom. The number of fused-ring (bicyclic) bond motifs is 1. The van der Waals surface area contributed by atoms with Gasteiger partial charge < -0.3 is 24.1 Å². The van der Waals surface area contributed by atoms with E-state index < -0.39 is 17.3 Å². The molecular weight excluding hydrogens is 514 g/mol. The lowest BCUT2D eigenvalue weighted by molar-refractivity contribution is -0.0798. The Labute approximate surface area is 232 Å². The predicted octanol–water partition coefficient (Wildman–Crippen LogP) is 3.14. The second-order valence-corrected chi connectivity index (χ2v) is 11.9. The molecule has 0 atom stereocenters. The summed E-state index contributed by atoms with van der Waals surface area (Å²) in [5.41, 5.74) is 0.144. The summed E-state index contributed by atoms with van der Waals surface area (Å²) in [6.07, 6.45) is 3.59. The number of aromatic nitrogens is 4.